The average Bonchev–Trinajstić information content (AvgIpc) is 2.77. The molecule has 17 heavy (non-hydrogen) atoms. The van der Waals surface area contributed by atoms with Gasteiger partial charge in [0.2, 0.25) is 0 Å². The summed E-state index contributed by atoms with van der Waals surface area (Å²) in [6.07, 6.45) is 0.854. The zero-order valence-corrected chi connectivity index (χ0v) is 10.6. The van der Waals surface area contributed by atoms with Crippen LogP contribution in [0.4, 0.5) is 0 Å². The maximum absolute atomic E-state index is 8.81. The van der Waals surface area contributed by atoms with Crippen molar-refractivity contribution in [1.29, 1.82) is 5.26 Å². The molecule has 0 fully saturated rings. The smallest absolute Gasteiger partial charge is 0.0958 e. The van der Waals surface area contributed by atoms with E-state index in [2.05, 4.69) is 34.6 Å². The molecule has 1 heterocycles. The van der Waals surface area contributed by atoms with Gasteiger partial charge in [0.1, 0.15) is 0 Å². The fraction of sp³-hybridized carbons (Fsp3) is 0.308. The molecule has 2 N–H and O–H groups in total. The van der Waals surface area contributed by atoms with Crippen LogP contribution in [-0.4, -0.2) is 23.8 Å². The summed E-state index contributed by atoms with van der Waals surface area (Å²) < 4.78 is 0. The molecule has 0 saturated carbocycles. The number of rotatable bonds is 5. The Balaban J connectivity index is 1.93. The average molecular weight is 245 g/mol. The number of hydrogen-bond donors (Lipinski definition) is 2. The summed E-state index contributed by atoms with van der Waals surface area (Å²) >= 11 is 1.76. The van der Waals surface area contributed by atoms with Crippen LogP contribution in [-0.2, 0) is 0 Å². The molecule has 2 rings (SSSR count). The first-order valence-electron chi connectivity index (χ1n) is 5.61. The van der Waals surface area contributed by atoms with E-state index in [0.717, 1.165) is 12.2 Å². The van der Waals surface area contributed by atoms with E-state index in [4.69, 9.17) is 5.26 Å². The third-order valence-corrected chi connectivity index (χ3v) is 3.64. The van der Waals surface area contributed by atoms with Crippen LogP contribution in [0, 0.1) is 11.3 Å². The first-order chi connectivity index (χ1) is 8.33. The van der Waals surface area contributed by atoms with Gasteiger partial charge in [0.05, 0.1) is 17.1 Å². The Kier molecular flexibility index (Phi) is 4.08. The number of nitriles is 1. The lowest BCUT2D eigenvalue weighted by molar-refractivity contribution is 0.663. The van der Waals surface area contributed by atoms with Crippen molar-refractivity contribution in [3.05, 3.63) is 30.3 Å². The molecule has 2 aromatic rings. The van der Waals surface area contributed by atoms with Crippen molar-refractivity contribution in [1.82, 2.24) is 10.3 Å². The van der Waals surface area contributed by atoms with Gasteiger partial charge in [0.15, 0.2) is 0 Å². The molecule has 0 amide bonds. The second kappa shape index (κ2) is 5.76. The molecule has 0 radical (unpaired) electrons. The molecule has 4 heteroatoms. The lowest BCUT2D eigenvalue weighted by atomic mass is 10.3. The predicted molar refractivity (Wildman–Crippen MR) is 72.1 cm³/mol. The molecular weight excluding hydrogens is 230 g/mol. The van der Waals surface area contributed by atoms with E-state index in [1.165, 1.54) is 15.9 Å². The highest BCUT2D eigenvalue weighted by atomic mass is 32.2. The topological polar surface area (TPSA) is 51.6 Å². The van der Waals surface area contributed by atoms with Gasteiger partial charge >= 0.3 is 0 Å². The summed E-state index contributed by atoms with van der Waals surface area (Å²) in [6.45, 7) is 0. The molecular formula is C13H15N3S. The Morgan fingerprint density at radius 3 is 3.00 bits per heavy atom. The van der Waals surface area contributed by atoms with Crippen LogP contribution in [0.25, 0.3) is 10.9 Å². The fourth-order valence-corrected chi connectivity index (χ4v) is 2.65. The summed E-state index contributed by atoms with van der Waals surface area (Å²) in [7, 11) is 1.82. The number of hydrogen-bond acceptors (Lipinski definition) is 3. The molecule has 88 valence electrons. The molecule has 1 unspecified atom stereocenters. The maximum atomic E-state index is 8.81. The van der Waals surface area contributed by atoms with E-state index in [0.29, 0.717) is 0 Å². The Morgan fingerprint density at radius 1 is 1.47 bits per heavy atom. The summed E-state index contributed by atoms with van der Waals surface area (Å²) in [5.41, 5.74) is 1.17. The summed E-state index contributed by atoms with van der Waals surface area (Å²) in [6, 6.07) is 12.6. The van der Waals surface area contributed by atoms with Gasteiger partial charge in [-0.15, -0.1) is 11.8 Å². The monoisotopic (exact) mass is 245 g/mol. The van der Waals surface area contributed by atoms with Crippen molar-refractivity contribution in [2.45, 2.75) is 17.5 Å². The van der Waals surface area contributed by atoms with Crippen molar-refractivity contribution in [3.8, 4) is 6.07 Å². The van der Waals surface area contributed by atoms with Crippen LogP contribution >= 0.6 is 11.8 Å². The van der Waals surface area contributed by atoms with E-state index in [1.807, 2.05) is 19.2 Å². The van der Waals surface area contributed by atoms with Crippen molar-refractivity contribution in [3.63, 3.8) is 0 Å². The number of para-hydroxylation sites is 1. The molecule has 1 aromatic carbocycles. The second-order valence-corrected chi connectivity index (χ2v) is 4.97. The lowest BCUT2D eigenvalue weighted by Crippen LogP contribution is -2.23. The van der Waals surface area contributed by atoms with Gasteiger partial charge in [-0.3, -0.25) is 0 Å². The highest BCUT2D eigenvalue weighted by Gasteiger charge is 2.05. The lowest BCUT2D eigenvalue weighted by Gasteiger charge is -2.05. The van der Waals surface area contributed by atoms with E-state index >= 15 is 0 Å². The number of fused-ring (bicyclic) bond motifs is 1. The Morgan fingerprint density at radius 2 is 2.29 bits per heavy atom. The zero-order chi connectivity index (χ0) is 12.1. The van der Waals surface area contributed by atoms with E-state index in [-0.39, 0.29) is 6.04 Å². The van der Waals surface area contributed by atoms with Crippen LogP contribution < -0.4 is 5.32 Å². The van der Waals surface area contributed by atoms with Gasteiger partial charge in [-0.1, -0.05) is 18.2 Å². The molecule has 0 aliphatic carbocycles. The van der Waals surface area contributed by atoms with Crippen molar-refractivity contribution < 1.29 is 0 Å². The Hall–Kier alpha value is -1.44. The quantitative estimate of drug-likeness (QED) is 0.796. The number of benzene rings is 1. The minimum Gasteiger partial charge on any atom is -0.350 e. The first-order valence-corrected chi connectivity index (χ1v) is 6.59. The van der Waals surface area contributed by atoms with Crippen LogP contribution in [0.1, 0.15) is 6.42 Å². The predicted octanol–water partition coefficient (Wildman–Crippen LogP) is 2.76. The molecule has 0 saturated heterocycles. The van der Waals surface area contributed by atoms with Gasteiger partial charge in [0.25, 0.3) is 0 Å². The van der Waals surface area contributed by atoms with Gasteiger partial charge in [-0.2, -0.15) is 5.26 Å². The summed E-state index contributed by atoms with van der Waals surface area (Å²) in [5, 5.41) is 14.2. The summed E-state index contributed by atoms with van der Waals surface area (Å²) in [4.78, 5) is 3.36. The largest absolute Gasteiger partial charge is 0.350 e. The van der Waals surface area contributed by atoms with Crippen LogP contribution in [0.3, 0.4) is 0 Å². The molecule has 1 atom stereocenters. The Labute approximate surface area is 105 Å². The van der Waals surface area contributed by atoms with Gasteiger partial charge in [-0.05, 0) is 25.6 Å². The van der Waals surface area contributed by atoms with E-state index < -0.39 is 0 Å². The molecule has 0 aliphatic heterocycles. The molecule has 0 bridgehead atoms. The fourth-order valence-electron chi connectivity index (χ4n) is 1.68. The molecule has 0 spiro atoms. The molecule has 0 aliphatic rings. The van der Waals surface area contributed by atoms with Crippen LogP contribution in [0.15, 0.2) is 35.4 Å². The van der Waals surface area contributed by atoms with E-state index in [1.54, 1.807) is 11.8 Å². The minimum atomic E-state index is -0.0492. The van der Waals surface area contributed by atoms with Crippen molar-refractivity contribution in [2.24, 2.45) is 0 Å². The molecule has 1 aromatic heterocycles. The number of thioether (sulfide) groups is 1. The zero-order valence-electron chi connectivity index (χ0n) is 9.73. The number of nitrogens with zero attached hydrogens (tertiary/aromatic N) is 1. The van der Waals surface area contributed by atoms with E-state index in [9.17, 15) is 0 Å². The number of aromatic nitrogens is 1. The SMILES string of the molecule is CNC(C#N)CCSc1cc2ccccc2[nH]1. The highest BCUT2D eigenvalue weighted by molar-refractivity contribution is 7.99. The van der Waals surface area contributed by atoms with Crippen molar-refractivity contribution >= 4 is 22.7 Å². The van der Waals surface area contributed by atoms with Gasteiger partial charge in [-0.25, -0.2) is 0 Å². The molecule has 3 nitrogen and oxygen atoms in total. The normalized spacial score (nSPS) is 12.5. The maximum Gasteiger partial charge on any atom is 0.0958 e. The number of nitrogens with one attached hydrogen (secondary N) is 2. The van der Waals surface area contributed by atoms with Crippen LogP contribution in [0.5, 0.6) is 0 Å². The third-order valence-electron chi connectivity index (χ3n) is 2.67. The summed E-state index contributed by atoms with van der Waals surface area (Å²) in [5.74, 6) is 0.936. The van der Waals surface area contributed by atoms with Gasteiger partial charge < -0.3 is 10.3 Å². The second-order valence-electron chi connectivity index (χ2n) is 3.83. The Bertz CT molecular complexity index is 494. The minimum absolute atomic E-state index is 0.0492. The number of aromatic amines is 1. The first kappa shape index (κ1) is 12.0. The highest BCUT2D eigenvalue weighted by Crippen LogP contribution is 2.23. The van der Waals surface area contributed by atoms with Crippen LogP contribution in [0.2, 0.25) is 0 Å². The van der Waals surface area contributed by atoms with Gasteiger partial charge in [0, 0.05) is 16.7 Å². The van der Waals surface area contributed by atoms with Crippen molar-refractivity contribution in [2.75, 3.05) is 12.8 Å². The third kappa shape index (κ3) is 3.02. The number of H-pyrrole nitrogens is 1. The standard InChI is InChI=1S/C13H15N3S/c1-15-11(9-14)6-7-17-13-8-10-4-2-3-5-12(10)16-13/h2-5,8,11,15-16H,6-7H2,1H3.